The highest BCUT2D eigenvalue weighted by atomic mass is 16.6. The third-order valence-electron chi connectivity index (χ3n) is 10.8. The van der Waals surface area contributed by atoms with Gasteiger partial charge in [0.15, 0.2) is 6.10 Å². The monoisotopic (exact) mass is 751 g/mol. The number of unbranched alkanes of at least 4 members (excludes halogenated alkanes) is 25. The Labute approximate surface area is 329 Å². The maximum absolute atomic E-state index is 12.5. The van der Waals surface area contributed by atoms with Gasteiger partial charge in [0, 0.05) is 19.3 Å². The molecule has 0 radical (unpaired) electrons. The van der Waals surface area contributed by atoms with Crippen LogP contribution in [0.4, 0.5) is 0 Å². The summed E-state index contributed by atoms with van der Waals surface area (Å²) in [5.74, 6) is 0.826. The lowest BCUT2D eigenvalue weighted by Crippen LogP contribution is -2.30. The summed E-state index contributed by atoms with van der Waals surface area (Å²) in [4.78, 5) is 37.5. The van der Waals surface area contributed by atoms with Crippen molar-refractivity contribution in [3.05, 3.63) is 0 Å². The van der Waals surface area contributed by atoms with E-state index in [1.54, 1.807) is 0 Å². The lowest BCUT2D eigenvalue weighted by atomic mass is 9.99. The van der Waals surface area contributed by atoms with Crippen LogP contribution in [0.5, 0.6) is 0 Å². The van der Waals surface area contributed by atoms with Crippen molar-refractivity contribution in [3.8, 4) is 0 Å². The zero-order valence-corrected chi connectivity index (χ0v) is 36.1. The van der Waals surface area contributed by atoms with Crippen molar-refractivity contribution in [2.75, 3.05) is 13.2 Å². The van der Waals surface area contributed by atoms with E-state index in [9.17, 15) is 14.4 Å². The first kappa shape index (κ1) is 51.4. The van der Waals surface area contributed by atoms with E-state index in [1.807, 2.05) is 0 Å². The largest absolute Gasteiger partial charge is 0.462 e. The smallest absolute Gasteiger partial charge is 0.306 e. The molecule has 6 heteroatoms. The third-order valence-corrected chi connectivity index (χ3v) is 10.8. The van der Waals surface area contributed by atoms with Gasteiger partial charge in [0.2, 0.25) is 0 Å². The predicted octanol–water partition coefficient (Wildman–Crippen LogP) is 14.6. The van der Waals surface area contributed by atoms with Crippen LogP contribution in [-0.4, -0.2) is 37.2 Å². The second kappa shape index (κ2) is 40.1. The predicted molar refractivity (Wildman–Crippen MR) is 224 cm³/mol. The van der Waals surface area contributed by atoms with Crippen molar-refractivity contribution >= 4 is 17.9 Å². The van der Waals surface area contributed by atoms with Crippen molar-refractivity contribution in [2.24, 2.45) is 11.8 Å². The van der Waals surface area contributed by atoms with Crippen molar-refractivity contribution < 1.29 is 28.6 Å². The van der Waals surface area contributed by atoms with E-state index < -0.39 is 6.10 Å². The highest BCUT2D eigenvalue weighted by molar-refractivity contribution is 5.71. The van der Waals surface area contributed by atoms with Gasteiger partial charge >= 0.3 is 17.9 Å². The summed E-state index contributed by atoms with van der Waals surface area (Å²) in [6.07, 6.45) is 38.3. The molecule has 0 N–H and O–H groups in total. The molecule has 0 saturated carbocycles. The van der Waals surface area contributed by atoms with Crippen LogP contribution < -0.4 is 0 Å². The first-order chi connectivity index (χ1) is 25.8. The lowest BCUT2D eigenvalue weighted by Gasteiger charge is -2.18. The summed E-state index contributed by atoms with van der Waals surface area (Å²) >= 11 is 0. The average molecular weight is 751 g/mol. The standard InChI is InChI=1S/C47H90O6/c1-6-8-9-25-34-39-47(50)53-44(41-52-46(49)38-33-29-24-20-19-22-27-31-36-43(5)7-2)40-51-45(48)37-32-28-23-18-16-14-12-10-11-13-15-17-21-26-30-35-42(3)4/h42-44H,6-41H2,1-5H3/t43?,44-/m1/s1. The number of hydrogen-bond donors (Lipinski definition) is 0. The molecule has 0 heterocycles. The number of hydrogen-bond acceptors (Lipinski definition) is 6. The molecule has 0 bridgehead atoms. The van der Waals surface area contributed by atoms with E-state index >= 15 is 0 Å². The molecule has 0 rings (SSSR count). The molecule has 0 aliphatic rings. The van der Waals surface area contributed by atoms with Crippen LogP contribution in [0.15, 0.2) is 0 Å². The highest BCUT2D eigenvalue weighted by Gasteiger charge is 2.19. The Bertz CT molecular complexity index is 811. The molecule has 314 valence electrons. The minimum Gasteiger partial charge on any atom is -0.462 e. The molecule has 0 aliphatic carbocycles. The van der Waals surface area contributed by atoms with Crippen molar-refractivity contribution in [1.82, 2.24) is 0 Å². The Morgan fingerprint density at radius 3 is 1.08 bits per heavy atom. The molecule has 0 aromatic carbocycles. The molecule has 0 spiro atoms. The second-order valence-electron chi connectivity index (χ2n) is 16.8. The van der Waals surface area contributed by atoms with Gasteiger partial charge in [0.25, 0.3) is 0 Å². The molecule has 0 amide bonds. The molecule has 2 atom stereocenters. The fraction of sp³-hybridized carbons (Fsp3) is 0.936. The van der Waals surface area contributed by atoms with Crippen molar-refractivity contribution in [3.63, 3.8) is 0 Å². The minimum absolute atomic E-state index is 0.0661. The zero-order chi connectivity index (χ0) is 39.0. The van der Waals surface area contributed by atoms with Gasteiger partial charge in [-0.15, -0.1) is 0 Å². The maximum atomic E-state index is 12.5. The van der Waals surface area contributed by atoms with Gasteiger partial charge in [0.05, 0.1) is 0 Å². The quantitative estimate of drug-likeness (QED) is 0.0352. The highest BCUT2D eigenvalue weighted by Crippen LogP contribution is 2.17. The molecule has 1 unspecified atom stereocenters. The van der Waals surface area contributed by atoms with Gasteiger partial charge in [-0.25, -0.2) is 0 Å². The van der Waals surface area contributed by atoms with E-state index in [-0.39, 0.29) is 31.1 Å². The maximum Gasteiger partial charge on any atom is 0.306 e. The Morgan fingerprint density at radius 2 is 0.717 bits per heavy atom. The Kier molecular flexibility index (Phi) is 38.9. The van der Waals surface area contributed by atoms with Crippen molar-refractivity contribution in [1.29, 1.82) is 0 Å². The Hall–Kier alpha value is -1.59. The van der Waals surface area contributed by atoms with Crippen LogP contribution in [0.25, 0.3) is 0 Å². The van der Waals surface area contributed by atoms with Crippen LogP contribution in [0.3, 0.4) is 0 Å². The molecular weight excluding hydrogens is 661 g/mol. The van der Waals surface area contributed by atoms with Crippen LogP contribution in [0.1, 0.15) is 253 Å². The number of ether oxygens (including phenoxy) is 3. The molecular formula is C47H90O6. The van der Waals surface area contributed by atoms with Crippen LogP contribution in [0, 0.1) is 11.8 Å². The molecule has 0 aromatic heterocycles. The summed E-state index contributed by atoms with van der Waals surface area (Å²) in [5.41, 5.74) is 0. The fourth-order valence-electron chi connectivity index (χ4n) is 6.90. The molecule has 0 saturated heterocycles. The molecule has 53 heavy (non-hydrogen) atoms. The zero-order valence-electron chi connectivity index (χ0n) is 36.1. The summed E-state index contributed by atoms with van der Waals surface area (Å²) in [6, 6.07) is 0. The van der Waals surface area contributed by atoms with Crippen LogP contribution in [0.2, 0.25) is 0 Å². The van der Waals surface area contributed by atoms with Crippen LogP contribution in [-0.2, 0) is 28.6 Å². The van der Waals surface area contributed by atoms with Gasteiger partial charge < -0.3 is 14.2 Å². The summed E-state index contributed by atoms with van der Waals surface area (Å²) in [5, 5.41) is 0. The van der Waals surface area contributed by atoms with Crippen LogP contribution >= 0.6 is 0 Å². The summed E-state index contributed by atoms with van der Waals surface area (Å²) < 4.78 is 16.6. The van der Waals surface area contributed by atoms with Gasteiger partial charge in [-0.2, -0.15) is 0 Å². The summed E-state index contributed by atoms with van der Waals surface area (Å²) in [7, 11) is 0. The van der Waals surface area contributed by atoms with E-state index in [4.69, 9.17) is 14.2 Å². The second-order valence-corrected chi connectivity index (χ2v) is 16.8. The first-order valence-electron chi connectivity index (χ1n) is 23.3. The molecule has 0 aliphatic heterocycles. The van der Waals surface area contributed by atoms with E-state index in [2.05, 4.69) is 34.6 Å². The first-order valence-corrected chi connectivity index (χ1v) is 23.3. The fourth-order valence-corrected chi connectivity index (χ4v) is 6.90. The van der Waals surface area contributed by atoms with Gasteiger partial charge in [0.1, 0.15) is 13.2 Å². The SMILES string of the molecule is CCCCCCCC(=O)O[C@H](COC(=O)CCCCCCCCCCCCCCCCCC(C)C)COC(=O)CCCCCCCCCCC(C)CC. The Morgan fingerprint density at radius 1 is 0.396 bits per heavy atom. The van der Waals surface area contributed by atoms with Gasteiger partial charge in [-0.3, -0.25) is 14.4 Å². The van der Waals surface area contributed by atoms with Crippen molar-refractivity contribution in [2.45, 2.75) is 259 Å². The normalized spacial score (nSPS) is 12.6. The Balaban J connectivity index is 4.10. The molecule has 6 nitrogen and oxygen atoms in total. The minimum atomic E-state index is -0.758. The average Bonchev–Trinajstić information content (AvgIpc) is 3.14. The number of carbonyl (C=O) groups excluding carboxylic acids is 3. The van der Waals surface area contributed by atoms with E-state index in [1.165, 1.54) is 135 Å². The molecule has 0 fully saturated rings. The van der Waals surface area contributed by atoms with E-state index in [0.717, 1.165) is 76.0 Å². The van der Waals surface area contributed by atoms with Gasteiger partial charge in [-0.05, 0) is 31.1 Å². The third kappa shape index (κ3) is 39.9. The lowest BCUT2D eigenvalue weighted by molar-refractivity contribution is -0.167. The molecule has 0 aromatic rings. The number of rotatable bonds is 41. The van der Waals surface area contributed by atoms with E-state index in [0.29, 0.717) is 19.3 Å². The number of esters is 3. The summed E-state index contributed by atoms with van der Waals surface area (Å²) in [6.45, 7) is 11.3. The van der Waals surface area contributed by atoms with Gasteiger partial charge in [-0.1, -0.05) is 214 Å². The number of carbonyl (C=O) groups is 3. The topological polar surface area (TPSA) is 78.9 Å².